The van der Waals surface area contributed by atoms with Crippen molar-refractivity contribution in [3.63, 3.8) is 0 Å². The lowest BCUT2D eigenvalue weighted by molar-refractivity contribution is -0.480. The first kappa shape index (κ1) is 19.9. The van der Waals surface area contributed by atoms with Gasteiger partial charge in [0, 0.05) is 17.8 Å². The van der Waals surface area contributed by atoms with Crippen molar-refractivity contribution in [3.8, 4) is 0 Å². The van der Waals surface area contributed by atoms with Gasteiger partial charge in [0.05, 0.1) is 0 Å². The van der Waals surface area contributed by atoms with Gasteiger partial charge in [-0.25, -0.2) is 0 Å². The first-order chi connectivity index (χ1) is 13.6. The maximum atomic E-state index is 13.0. The van der Waals surface area contributed by atoms with Crippen molar-refractivity contribution in [2.24, 2.45) is 0 Å². The van der Waals surface area contributed by atoms with E-state index >= 15 is 0 Å². The van der Waals surface area contributed by atoms with E-state index < -0.39 is 7.26 Å². The highest BCUT2D eigenvalue weighted by molar-refractivity contribution is 7.96. The van der Waals surface area contributed by atoms with Gasteiger partial charge in [0.1, 0.15) is 29.3 Å². The molecule has 0 saturated heterocycles. The Bertz CT molecular complexity index is 818. The average molecular weight is 392 g/mol. The largest absolute Gasteiger partial charge is 0.296 e. The monoisotopic (exact) mass is 392 g/mol. The molecule has 5 heteroatoms. The van der Waals surface area contributed by atoms with E-state index in [0.29, 0.717) is 6.16 Å². The molecule has 0 spiro atoms. The molecule has 0 N–H and O–H groups in total. The summed E-state index contributed by atoms with van der Waals surface area (Å²) in [6.45, 7) is -0.167. The highest BCUT2D eigenvalue weighted by Crippen LogP contribution is 2.55. The molecule has 3 aromatic rings. The molecule has 28 heavy (non-hydrogen) atoms. The van der Waals surface area contributed by atoms with E-state index in [1.165, 1.54) is 0 Å². The summed E-state index contributed by atoms with van der Waals surface area (Å²) in [5, 5.41) is 14.1. The van der Waals surface area contributed by atoms with E-state index in [1.54, 1.807) is 0 Å². The van der Waals surface area contributed by atoms with Gasteiger partial charge in [0.15, 0.2) is 5.78 Å². The minimum atomic E-state index is -2.19. The van der Waals surface area contributed by atoms with Crippen LogP contribution < -0.4 is 15.9 Å². The molecule has 3 aromatic carbocycles. The molecule has 0 heterocycles. The Morgan fingerprint density at radius 3 is 1.50 bits per heavy atom. The molecule has 0 amide bonds. The fourth-order valence-electron chi connectivity index (χ4n) is 3.52. The van der Waals surface area contributed by atoms with Crippen molar-refractivity contribution in [2.75, 3.05) is 12.7 Å². The zero-order chi connectivity index (χ0) is 19.8. The summed E-state index contributed by atoms with van der Waals surface area (Å²) in [5.41, 5.74) is 0. The standard InChI is InChI=1S/C23H23NO3P/c25-20(11-10-18-24(26)27)19-28(21-12-4-1-5-13-21,22-14-6-2-7-15-22)23-16-8-3-9-17-23/h1-9,12-17H,10-11,18-19H2/q+1. The molecule has 0 atom stereocenters. The van der Waals surface area contributed by atoms with Crippen LogP contribution >= 0.6 is 7.26 Å². The van der Waals surface area contributed by atoms with Crippen LogP contribution in [0.2, 0.25) is 0 Å². The number of ketones is 1. The fraction of sp³-hybridized carbons (Fsp3) is 0.174. The van der Waals surface area contributed by atoms with Crippen molar-refractivity contribution >= 4 is 29.0 Å². The summed E-state index contributed by atoms with van der Waals surface area (Å²) in [7, 11) is -2.19. The quantitative estimate of drug-likeness (QED) is 0.318. The highest BCUT2D eigenvalue weighted by Gasteiger charge is 2.46. The molecule has 142 valence electrons. The maximum Gasteiger partial charge on any atom is 0.204 e. The van der Waals surface area contributed by atoms with E-state index in [9.17, 15) is 14.9 Å². The molecule has 0 saturated carbocycles. The average Bonchev–Trinajstić information content (AvgIpc) is 2.74. The fourth-order valence-corrected chi connectivity index (χ4v) is 7.69. The van der Waals surface area contributed by atoms with Crippen LogP contribution in [-0.2, 0) is 4.79 Å². The van der Waals surface area contributed by atoms with E-state index in [4.69, 9.17) is 0 Å². The minimum Gasteiger partial charge on any atom is -0.296 e. The third kappa shape index (κ3) is 4.52. The topological polar surface area (TPSA) is 60.2 Å². The third-order valence-corrected chi connectivity index (χ3v) is 9.17. The van der Waals surface area contributed by atoms with Crippen molar-refractivity contribution in [2.45, 2.75) is 12.8 Å². The van der Waals surface area contributed by atoms with Crippen LogP contribution in [0.15, 0.2) is 91.0 Å². The highest BCUT2D eigenvalue weighted by atomic mass is 31.2. The van der Waals surface area contributed by atoms with Gasteiger partial charge in [-0.05, 0) is 36.4 Å². The number of Topliss-reactive ketones (excluding diaryl/α,β-unsaturated/α-hetero) is 1. The lowest BCUT2D eigenvalue weighted by Crippen LogP contribution is -2.35. The lowest BCUT2D eigenvalue weighted by atomic mass is 10.2. The number of hydrogen-bond donors (Lipinski definition) is 0. The number of rotatable bonds is 9. The number of carbonyl (C=O) groups is 1. The van der Waals surface area contributed by atoms with Crippen LogP contribution in [0.3, 0.4) is 0 Å². The normalized spacial score (nSPS) is 11.1. The van der Waals surface area contributed by atoms with Crippen LogP contribution in [0.4, 0.5) is 0 Å². The van der Waals surface area contributed by atoms with Crippen LogP contribution in [0.25, 0.3) is 0 Å². The van der Waals surface area contributed by atoms with Gasteiger partial charge >= 0.3 is 0 Å². The molecule has 0 radical (unpaired) electrons. The van der Waals surface area contributed by atoms with Crippen molar-refractivity contribution in [3.05, 3.63) is 101 Å². The molecule has 0 fully saturated rings. The smallest absolute Gasteiger partial charge is 0.204 e. The summed E-state index contributed by atoms with van der Waals surface area (Å²) in [6, 6.07) is 30.6. The summed E-state index contributed by atoms with van der Waals surface area (Å²) >= 11 is 0. The van der Waals surface area contributed by atoms with Crippen molar-refractivity contribution < 1.29 is 9.72 Å². The second-order valence-corrected chi connectivity index (χ2v) is 10.2. The van der Waals surface area contributed by atoms with Gasteiger partial charge in [0.2, 0.25) is 6.54 Å². The van der Waals surface area contributed by atoms with Gasteiger partial charge in [-0.15, -0.1) is 0 Å². The predicted molar refractivity (Wildman–Crippen MR) is 116 cm³/mol. The molecular formula is C23H23NO3P+. The molecule has 0 bridgehead atoms. The number of nitrogens with zero attached hydrogens (tertiary/aromatic N) is 1. The maximum absolute atomic E-state index is 13.0. The van der Waals surface area contributed by atoms with E-state index in [1.807, 2.05) is 54.6 Å². The number of nitro groups is 1. The first-order valence-corrected chi connectivity index (χ1v) is 11.3. The summed E-state index contributed by atoms with van der Waals surface area (Å²) in [6.07, 6.45) is 0.891. The zero-order valence-corrected chi connectivity index (χ0v) is 16.5. The van der Waals surface area contributed by atoms with Crippen LogP contribution in [-0.4, -0.2) is 23.4 Å². The van der Waals surface area contributed by atoms with Gasteiger partial charge in [0.25, 0.3) is 0 Å². The van der Waals surface area contributed by atoms with E-state index in [2.05, 4.69) is 36.4 Å². The van der Waals surface area contributed by atoms with Gasteiger partial charge in [-0.3, -0.25) is 14.9 Å². The third-order valence-electron chi connectivity index (χ3n) is 4.80. The Kier molecular flexibility index (Phi) is 6.67. The molecule has 0 aliphatic rings. The van der Waals surface area contributed by atoms with Gasteiger partial charge in [-0.1, -0.05) is 54.6 Å². The molecular weight excluding hydrogens is 369 g/mol. The van der Waals surface area contributed by atoms with Crippen molar-refractivity contribution in [1.82, 2.24) is 0 Å². The summed E-state index contributed by atoms with van der Waals surface area (Å²) in [5.74, 6) is 0.0757. The minimum absolute atomic E-state index is 0.0757. The Morgan fingerprint density at radius 2 is 1.14 bits per heavy atom. The summed E-state index contributed by atoms with van der Waals surface area (Å²) in [4.78, 5) is 23.2. The molecule has 4 nitrogen and oxygen atoms in total. The second kappa shape index (κ2) is 9.38. The van der Waals surface area contributed by atoms with Crippen molar-refractivity contribution in [1.29, 1.82) is 0 Å². The Labute approximate surface area is 165 Å². The van der Waals surface area contributed by atoms with E-state index in [-0.39, 0.29) is 30.1 Å². The van der Waals surface area contributed by atoms with Crippen LogP contribution in [0, 0.1) is 10.1 Å². The molecule has 0 aromatic heterocycles. The van der Waals surface area contributed by atoms with Gasteiger partial charge in [-0.2, -0.15) is 0 Å². The molecule has 0 aliphatic carbocycles. The molecule has 0 unspecified atom stereocenters. The summed E-state index contributed by atoms with van der Waals surface area (Å²) < 4.78 is 0. The van der Waals surface area contributed by atoms with Gasteiger partial charge < -0.3 is 0 Å². The van der Waals surface area contributed by atoms with Crippen LogP contribution in [0.1, 0.15) is 12.8 Å². The Hall–Kier alpha value is -2.84. The number of benzene rings is 3. The molecule has 0 aliphatic heterocycles. The lowest BCUT2D eigenvalue weighted by Gasteiger charge is -2.27. The van der Waals surface area contributed by atoms with Crippen LogP contribution in [0.5, 0.6) is 0 Å². The molecule has 3 rings (SSSR count). The number of hydrogen-bond acceptors (Lipinski definition) is 3. The van der Waals surface area contributed by atoms with E-state index in [0.717, 1.165) is 15.9 Å². The Balaban J connectivity index is 2.09. The predicted octanol–water partition coefficient (Wildman–Crippen LogP) is 3.61. The second-order valence-electron chi connectivity index (χ2n) is 6.67. The zero-order valence-electron chi connectivity index (χ0n) is 15.6. The Morgan fingerprint density at radius 1 is 0.750 bits per heavy atom. The first-order valence-electron chi connectivity index (χ1n) is 9.31. The number of carbonyl (C=O) groups excluding carboxylic acids is 1. The SMILES string of the molecule is O=C(CCC[N+](=O)[O-])C[P+](c1ccccc1)(c1ccccc1)c1ccccc1.